The molecule has 4 aromatic heterocycles. The van der Waals surface area contributed by atoms with E-state index < -0.39 is 36.3 Å². The van der Waals surface area contributed by atoms with Gasteiger partial charge in [-0.05, 0) is 108 Å². The number of hydrogen-bond donors (Lipinski definition) is 0. The summed E-state index contributed by atoms with van der Waals surface area (Å²) in [5.74, 6) is 0. The molecule has 0 radical (unpaired) electrons. The fraction of sp³-hybridized carbons (Fsp3) is 0. The van der Waals surface area contributed by atoms with Crippen molar-refractivity contribution < 1.29 is 13.7 Å². The molecule has 0 unspecified atom stereocenters. The Balaban J connectivity index is 0.918. The lowest BCUT2D eigenvalue weighted by molar-refractivity contribution is 1.19. The molecule has 0 aliphatic heterocycles. The molecule has 0 amide bonds. The van der Waals surface area contributed by atoms with Crippen molar-refractivity contribution >= 4 is 45.4 Å². The van der Waals surface area contributed by atoms with Crippen molar-refractivity contribution in [3.8, 4) is 56.2 Å². The summed E-state index contributed by atoms with van der Waals surface area (Å²) in [5, 5.41) is 0. The van der Waals surface area contributed by atoms with E-state index in [0.717, 1.165) is 67.5 Å². The van der Waals surface area contributed by atoms with E-state index in [9.17, 15) is 0 Å². The number of nitrogens with zero attached hydrogens (tertiary/aromatic N) is 6. The van der Waals surface area contributed by atoms with Gasteiger partial charge in [0.25, 0.3) is 0 Å². The molecule has 0 spiro atoms. The summed E-state index contributed by atoms with van der Waals surface area (Å²) >= 11 is 0. The van der Waals surface area contributed by atoms with Gasteiger partial charge in [0.15, 0.2) is 0 Å². The van der Waals surface area contributed by atoms with Gasteiger partial charge < -0.3 is 9.80 Å². The second-order valence-corrected chi connectivity index (χ2v) is 16.0. The molecule has 68 heavy (non-hydrogen) atoms. The molecule has 0 N–H and O–H groups in total. The summed E-state index contributed by atoms with van der Waals surface area (Å²) in [7, 11) is 0. The molecule has 12 aromatic rings. The molecule has 322 valence electrons. The van der Waals surface area contributed by atoms with E-state index in [1.807, 2.05) is 215 Å². The van der Waals surface area contributed by atoms with Gasteiger partial charge in [-0.3, -0.25) is 8.80 Å². The first kappa shape index (κ1) is 30.8. The predicted octanol–water partition coefficient (Wildman–Crippen LogP) is 16.3. The summed E-state index contributed by atoms with van der Waals surface area (Å²) in [6.07, 6.45) is 3.93. The number of benzene rings is 8. The molecule has 6 nitrogen and oxygen atoms in total. The first-order valence-corrected chi connectivity index (χ1v) is 22.1. The fourth-order valence-corrected chi connectivity index (χ4v) is 8.81. The summed E-state index contributed by atoms with van der Waals surface area (Å²) < 4.78 is 91.6. The van der Waals surface area contributed by atoms with Gasteiger partial charge in [0.1, 0.15) is 11.3 Å². The van der Waals surface area contributed by atoms with Crippen LogP contribution in [0.25, 0.3) is 67.5 Å². The van der Waals surface area contributed by atoms with Gasteiger partial charge in [0.05, 0.1) is 36.5 Å². The Labute approximate surface area is 409 Å². The number of para-hydroxylation sites is 2. The van der Waals surface area contributed by atoms with E-state index in [-0.39, 0.29) is 35.5 Å². The van der Waals surface area contributed by atoms with Crippen LogP contribution >= 0.6 is 0 Å². The van der Waals surface area contributed by atoms with Gasteiger partial charge in [0.2, 0.25) is 0 Å². The van der Waals surface area contributed by atoms with Crippen LogP contribution in [0.2, 0.25) is 0 Å². The highest BCUT2D eigenvalue weighted by molar-refractivity contribution is 5.87. The summed E-state index contributed by atoms with van der Waals surface area (Å²) in [6, 6.07) is 57.5. The molecule has 0 atom stereocenters. The Bertz CT molecular complexity index is 3910. The maximum Gasteiger partial charge on any atom is 0.137 e. The Morgan fingerprint density at radius 3 is 0.971 bits per heavy atom. The number of aromatic nitrogens is 4. The van der Waals surface area contributed by atoms with Crippen LogP contribution in [0.1, 0.15) is 13.7 Å². The largest absolute Gasteiger partial charge is 0.311 e. The lowest BCUT2D eigenvalue weighted by atomic mass is 10.0. The lowest BCUT2D eigenvalue weighted by Crippen LogP contribution is -2.10. The number of rotatable bonds is 11. The van der Waals surface area contributed by atoms with Gasteiger partial charge in [0, 0.05) is 68.8 Å². The van der Waals surface area contributed by atoms with Gasteiger partial charge in [-0.1, -0.05) is 158 Å². The zero-order valence-electron chi connectivity index (χ0n) is 46.3. The Morgan fingerprint density at radius 2 is 0.618 bits per heavy atom. The van der Waals surface area contributed by atoms with Crippen molar-refractivity contribution in [2.45, 2.75) is 0 Å². The van der Waals surface area contributed by atoms with Gasteiger partial charge in [-0.15, -0.1) is 0 Å². The minimum Gasteiger partial charge on any atom is -0.311 e. The van der Waals surface area contributed by atoms with Crippen molar-refractivity contribution in [2.75, 3.05) is 9.80 Å². The first-order valence-electron chi connectivity index (χ1n) is 27.1. The van der Waals surface area contributed by atoms with Gasteiger partial charge in [-0.2, -0.15) is 0 Å². The lowest BCUT2D eigenvalue weighted by Gasteiger charge is -2.26. The van der Waals surface area contributed by atoms with Crippen LogP contribution in [-0.4, -0.2) is 18.8 Å². The zero-order valence-corrected chi connectivity index (χ0v) is 36.3. The Kier molecular flexibility index (Phi) is 7.98. The third-order valence-electron chi connectivity index (χ3n) is 12.0. The van der Waals surface area contributed by atoms with E-state index in [2.05, 4.69) is 0 Å². The highest BCUT2D eigenvalue weighted by atomic mass is 15.1. The standard InChI is InChI=1S/C62H44N6/c1-5-17-47(18-6-1)59-61(65-43-15-13-25-57(65)63-59)49-31-39-55(40-32-49)67(51-21-9-3-10-22-51)53-35-27-45(28-36-53)46-29-37-54(38-30-46)68(52-23-11-4-12-24-52)56-41-33-50(34-42-56)62-60(48-19-7-2-8-20-48)64-58-26-14-16-44-66(58)62/h1-44H/i3D,4D,9D,10D,11D,12D,21D,22D,23D,24D. The normalized spacial score (nSPS) is 13.3. The van der Waals surface area contributed by atoms with E-state index in [1.165, 1.54) is 0 Å². The number of pyridine rings is 2. The van der Waals surface area contributed by atoms with Crippen molar-refractivity contribution in [3.63, 3.8) is 0 Å². The molecule has 0 aliphatic rings. The number of hydrogen-bond acceptors (Lipinski definition) is 4. The third-order valence-corrected chi connectivity index (χ3v) is 12.0. The molecule has 4 heterocycles. The third kappa shape index (κ3) is 7.56. The molecule has 0 saturated carbocycles. The molecule has 0 bridgehead atoms. The monoisotopic (exact) mass is 882 g/mol. The topological polar surface area (TPSA) is 41.1 Å². The quantitative estimate of drug-likeness (QED) is 0.130. The van der Waals surface area contributed by atoms with Gasteiger partial charge >= 0.3 is 0 Å². The maximum atomic E-state index is 9.08. The van der Waals surface area contributed by atoms with Crippen LogP contribution < -0.4 is 9.80 Å². The molecule has 12 rings (SSSR count). The summed E-state index contributed by atoms with van der Waals surface area (Å²) in [5.41, 5.74) is 12.3. The minimum absolute atomic E-state index is 0.0124. The van der Waals surface area contributed by atoms with Crippen LogP contribution in [0, 0.1) is 0 Å². The molecule has 8 aromatic carbocycles. The zero-order chi connectivity index (χ0) is 53.9. The second-order valence-electron chi connectivity index (χ2n) is 16.0. The molecule has 0 aliphatic carbocycles. The fourth-order valence-electron chi connectivity index (χ4n) is 8.81. The minimum atomic E-state index is -0.494. The predicted molar refractivity (Wildman–Crippen MR) is 280 cm³/mol. The summed E-state index contributed by atoms with van der Waals surface area (Å²) in [4.78, 5) is 13.3. The number of fused-ring (bicyclic) bond motifs is 2. The van der Waals surface area contributed by atoms with Crippen molar-refractivity contribution in [1.29, 1.82) is 0 Å². The highest BCUT2D eigenvalue weighted by Gasteiger charge is 2.20. The molecule has 6 heteroatoms. The average molecular weight is 883 g/mol. The smallest absolute Gasteiger partial charge is 0.137 e. The average Bonchev–Trinajstić information content (AvgIpc) is 4.13. The van der Waals surface area contributed by atoms with Gasteiger partial charge in [-0.25, -0.2) is 9.97 Å². The Morgan fingerprint density at radius 1 is 0.294 bits per heavy atom. The maximum absolute atomic E-state index is 9.08. The number of imidazole rings is 2. The summed E-state index contributed by atoms with van der Waals surface area (Å²) in [6.45, 7) is 0. The van der Waals surface area contributed by atoms with E-state index >= 15 is 0 Å². The van der Waals surface area contributed by atoms with E-state index in [1.54, 1.807) is 9.80 Å². The molecule has 0 saturated heterocycles. The van der Waals surface area contributed by atoms with Crippen molar-refractivity contribution in [2.24, 2.45) is 0 Å². The van der Waals surface area contributed by atoms with Crippen molar-refractivity contribution in [3.05, 3.63) is 267 Å². The van der Waals surface area contributed by atoms with Crippen LogP contribution in [0.5, 0.6) is 0 Å². The Hall–Kier alpha value is -9.26. The van der Waals surface area contributed by atoms with Crippen LogP contribution in [0.3, 0.4) is 0 Å². The first-order chi connectivity index (χ1) is 37.9. The molecular formula is C62H44N6. The SMILES string of the molecule is [2H]c1c([2H])c([2H])c(N(c2ccc(-c3ccc(N(c4ccc(-c5c(-c6ccccc6)nc6ccccn56)cc4)c4c([2H])c([2H])c([2H])c([2H])c4[2H])cc3)cc2)c2ccc(-c3c(-c4ccccc4)nc4ccccn34)cc2)c([2H])c1[2H]. The van der Waals surface area contributed by atoms with E-state index in [4.69, 9.17) is 23.7 Å². The molecular weight excluding hydrogens is 829 g/mol. The van der Waals surface area contributed by atoms with Crippen LogP contribution in [0.4, 0.5) is 34.1 Å². The van der Waals surface area contributed by atoms with Crippen LogP contribution in [0.15, 0.2) is 267 Å². The number of anilines is 6. The van der Waals surface area contributed by atoms with Crippen LogP contribution in [-0.2, 0) is 0 Å². The highest BCUT2D eigenvalue weighted by Crippen LogP contribution is 2.41. The molecule has 0 fully saturated rings. The van der Waals surface area contributed by atoms with E-state index in [0.29, 0.717) is 22.7 Å². The van der Waals surface area contributed by atoms with Crippen molar-refractivity contribution in [1.82, 2.24) is 18.8 Å². The second kappa shape index (κ2) is 17.6.